The van der Waals surface area contributed by atoms with Crippen LogP contribution in [0, 0.1) is 11.8 Å². The van der Waals surface area contributed by atoms with Gasteiger partial charge in [0.25, 0.3) is 5.91 Å². The van der Waals surface area contributed by atoms with E-state index in [2.05, 4.69) is 5.32 Å². The first kappa shape index (κ1) is 13.4. The van der Waals surface area contributed by atoms with Crippen LogP contribution in [0.4, 0.5) is 0 Å². The van der Waals surface area contributed by atoms with E-state index >= 15 is 0 Å². The van der Waals surface area contributed by atoms with Gasteiger partial charge in [-0.05, 0) is 62.5 Å². The summed E-state index contributed by atoms with van der Waals surface area (Å²) in [5.41, 5.74) is 0. The summed E-state index contributed by atoms with van der Waals surface area (Å²) < 4.78 is 5.21. The van der Waals surface area contributed by atoms with Crippen LogP contribution < -0.4 is 5.32 Å². The van der Waals surface area contributed by atoms with Gasteiger partial charge in [0.05, 0.1) is 6.26 Å². The SMILES string of the molecule is O=C(c1ccco1)N1CCC(NC(C2CC2)C2CC2)CC1. The van der Waals surface area contributed by atoms with Crippen LogP contribution in [-0.2, 0) is 0 Å². The van der Waals surface area contributed by atoms with Gasteiger partial charge in [-0.3, -0.25) is 4.79 Å². The van der Waals surface area contributed by atoms with Gasteiger partial charge in [-0.1, -0.05) is 0 Å². The quantitative estimate of drug-likeness (QED) is 0.906. The highest BCUT2D eigenvalue weighted by Crippen LogP contribution is 2.44. The molecule has 114 valence electrons. The lowest BCUT2D eigenvalue weighted by molar-refractivity contribution is 0.0667. The lowest BCUT2D eigenvalue weighted by atomic mass is 10.00. The summed E-state index contributed by atoms with van der Waals surface area (Å²) in [5, 5.41) is 3.91. The Bertz CT molecular complexity index is 471. The Hall–Kier alpha value is -1.29. The molecule has 0 unspecified atom stereocenters. The molecule has 0 atom stereocenters. The molecule has 1 amide bonds. The molecule has 3 fully saturated rings. The maximum Gasteiger partial charge on any atom is 0.289 e. The predicted octanol–water partition coefficient (Wildman–Crippen LogP) is 2.66. The number of piperidine rings is 1. The van der Waals surface area contributed by atoms with Gasteiger partial charge in [-0.25, -0.2) is 0 Å². The summed E-state index contributed by atoms with van der Waals surface area (Å²) in [7, 11) is 0. The first-order valence-electron chi connectivity index (χ1n) is 8.40. The number of carbonyl (C=O) groups is 1. The molecular weight excluding hydrogens is 264 g/mol. The van der Waals surface area contributed by atoms with Gasteiger partial charge in [0, 0.05) is 25.2 Å². The fourth-order valence-corrected chi connectivity index (χ4v) is 3.65. The monoisotopic (exact) mass is 288 g/mol. The number of hydrogen-bond acceptors (Lipinski definition) is 3. The molecule has 3 aliphatic rings. The minimum atomic E-state index is 0.0411. The van der Waals surface area contributed by atoms with E-state index in [9.17, 15) is 4.79 Å². The number of rotatable bonds is 5. The standard InChI is InChI=1S/C17H24N2O2/c20-17(15-2-1-11-21-15)19-9-7-14(8-10-19)18-16(12-3-4-12)13-5-6-13/h1-2,11-14,16,18H,3-10H2. The molecule has 1 aromatic rings. The van der Waals surface area contributed by atoms with Crippen molar-refractivity contribution >= 4 is 5.91 Å². The zero-order valence-corrected chi connectivity index (χ0v) is 12.5. The third-order valence-corrected chi connectivity index (χ3v) is 5.20. The van der Waals surface area contributed by atoms with Crippen molar-refractivity contribution in [2.24, 2.45) is 11.8 Å². The van der Waals surface area contributed by atoms with Crippen molar-refractivity contribution in [3.05, 3.63) is 24.2 Å². The van der Waals surface area contributed by atoms with Gasteiger partial charge in [0.15, 0.2) is 5.76 Å². The van der Waals surface area contributed by atoms with E-state index in [0.29, 0.717) is 11.8 Å². The molecule has 2 heterocycles. The first-order chi connectivity index (χ1) is 10.3. The van der Waals surface area contributed by atoms with Crippen LogP contribution in [0.25, 0.3) is 0 Å². The molecule has 4 heteroatoms. The fourth-order valence-electron chi connectivity index (χ4n) is 3.65. The minimum Gasteiger partial charge on any atom is -0.459 e. The van der Waals surface area contributed by atoms with E-state index in [1.54, 1.807) is 18.4 Å². The fraction of sp³-hybridized carbons (Fsp3) is 0.706. The van der Waals surface area contributed by atoms with E-state index in [-0.39, 0.29) is 5.91 Å². The second kappa shape index (κ2) is 5.48. The molecule has 0 bridgehead atoms. The van der Waals surface area contributed by atoms with Gasteiger partial charge in [0.1, 0.15) is 0 Å². The molecule has 4 nitrogen and oxygen atoms in total. The third-order valence-electron chi connectivity index (χ3n) is 5.20. The Labute approximate surface area is 125 Å². The molecule has 0 aromatic carbocycles. The van der Waals surface area contributed by atoms with Gasteiger partial charge < -0.3 is 14.6 Å². The highest BCUT2D eigenvalue weighted by molar-refractivity contribution is 5.91. The second-order valence-corrected chi connectivity index (χ2v) is 6.91. The summed E-state index contributed by atoms with van der Waals surface area (Å²) in [6.07, 6.45) is 9.39. The number of hydrogen-bond donors (Lipinski definition) is 1. The highest BCUT2D eigenvalue weighted by atomic mass is 16.3. The van der Waals surface area contributed by atoms with Gasteiger partial charge in [-0.15, -0.1) is 0 Å². The lowest BCUT2D eigenvalue weighted by Gasteiger charge is -2.34. The summed E-state index contributed by atoms with van der Waals surface area (Å²) in [5.74, 6) is 2.40. The Morgan fingerprint density at radius 1 is 1.14 bits per heavy atom. The number of carbonyl (C=O) groups excluding carboxylic acids is 1. The molecule has 4 rings (SSSR count). The molecule has 21 heavy (non-hydrogen) atoms. The average Bonchev–Trinajstić information content (AvgIpc) is 3.44. The summed E-state index contributed by atoms with van der Waals surface area (Å²) in [6.45, 7) is 1.69. The van der Waals surface area contributed by atoms with Crippen LogP contribution in [-0.4, -0.2) is 36.0 Å². The Morgan fingerprint density at radius 2 is 1.81 bits per heavy atom. The van der Waals surface area contributed by atoms with Crippen molar-refractivity contribution in [2.75, 3.05) is 13.1 Å². The van der Waals surface area contributed by atoms with Crippen molar-refractivity contribution < 1.29 is 9.21 Å². The molecule has 2 aliphatic carbocycles. The van der Waals surface area contributed by atoms with E-state index in [4.69, 9.17) is 4.42 Å². The minimum absolute atomic E-state index is 0.0411. The van der Waals surface area contributed by atoms with Crippen molar-refractivity contribution in [3.63, 3.8) is 0 Å². The molecule has 1 aliphatic heterocycles. The van der Waals surface area contributed by atoms with E-state index in [0.717, 1.165) is 43.8 Å². The molecular formula is C17H24N2O2. The molecule has 1 aromatic heterocycles. The molecule has 2 saturated carbocycles. The summed E-state index contributed by atoms with van der Waals surface area (Å²) >= 11 is 0. The van der Waals surface area contributed by atoms with Crippen LogP contribution >= 0.6 is 0 Å². The van der Waals surface area contributed by atoms with Crippen LogP contribution in [0.3, 0.4) is 0 Å². The average molecular weight is 288 g/mol. The van der Waals surface area contributed by atoms with Crippen LogP contribution in [0.15, 0.2) is 22.8 Å². The largest absolute Gasteiger partial charge is 0.459 e. The molecule has 1 saturated heterocycles. The number of furan rings is 1. The number of likely N-dealkylation sites (tertiary alicyclic amines) is 1. The third kappa shape index (κ3) is 3.00. The smallest absolute Gasteiger partial charge is 0.289 e. The van der Waals surface area contributed by atoms with Gasteiger partial charge in [-0.2, -0.15) is 0 Å². The Morgan fingerprint density at radius 3 is 2.33 bits per heavy atom. The van der Waals surface area contributed by atoms with Crippen LogP contribution in [0.1, 0.15) is 49.1 Å². The molecule has 1 N–H and O–H groups in total. The highest BCUT2D eigenvalue weighted by Gasteiger charge is 2.42. The number of nitrogens with zero attached hydrogens (tertiary/aromatic N) is 1. The number of amides is 1. The summed E-state index contributed by atoms with van der Waals surface area (Å²) in [6, 6.07) is 4.89. The van der Waals surface area contributed by atoms with E-state index in [1.807, 2.05) is 4.90 Å². The maximum atomic E-state index is 12.2. The Kier molecular flexibility index (Phi) is 3.49. The molecule has 0 radical (unpaired) electrons. The van der Waals surface area contributed by atoms with Crippen molar-refractivity contribution in [2.45, 2.75) is 50.6 Å². The van der Waals surface area contributed by atoms with Gasteiger partial charge in [0.2, 0.25) is 0 Å². The predicted molar refractivity (Wildman–Crippen MR) is 80.0 cm³/mol. The van der Waals surface area contributed by atoms with Crippen LogP contribution in [0.5, 0.6) is 0 Å². The van der Waals surface area contributed by atoms with Crippen molar-refractivity contribution in [1.82, 2.24) is 10.2 Å². The zero-order valence-electron chi connectivity index (χ0n) is 12.5. The first-order valence-corrected chi connectivity index (χ1v) is 8.40. The molecule has 0 spiro atoms. The van der Waals surface area contributed by atoms with Crippen LogP contribution in [0.2, 0.25) is 0 Å². The normalized spacial score (nSPS) is 23.8. The van der Waals surface area contributed by atoms with Crippen molar-refractivity contribution in [1.29, 1.82) is 0 Å². The Balaban J connectivity index is 1.29. The van der Waals surface area contributed by atoms with E-state index in [1.165, 1.54) is 25.7 Å². The van der Waals surface area contributed by atoms with Gasteiger partial charge >= 0.3 is 0 Å². The topological polar surface area (TPSA) is 45.5 Å². The maximum absolute atomic E-state index is 12.2. The second-order valence-electron chi connectivity index (χ2n) is 6.91. The zero-order chi connectivity index (χ0) is 14.2. The number of nitrogens with one attached hydrogen (secondary N) is 1. The summed E-state index contributed by atoms with van der Waals surface area (Å²) in [4.78, 5) is 14.2. The lowest BCUT2D eigenvalue weighted by Crippen LogP contribution is -2.49. The van der Waals surface area contributed by atoms with Crippen molar-refractivity contribution in [3.8, 4) is 0 Å². The van der Waals surface area contributed by atoms with E-state index < -0.39 is 0 Å².